The van der Waals surface area contributed by atoms with Crippen molar-refractivity contribution in [1.29, 1.82) is 0 Å². The molecule has 4 nitrogen and oxygen atoms in total. The molecule has 0 saturated heterocycles. The van der Waals surface area contributed by atoms with E-state index in [1.165, 1.54) is 30.4 Å². The summed E-state index contributed by atoms with van der Waals surface area (Å²) in [4.78, 5) is 14.4. The summed E-state index contributed by atoms with van der Waals surface area (Å²) in [7, 11) is 0. The van der Waals surface area contributed by atoms with Gasteiger partial charge in [-0.25, -0.2) is 0 Å². The molecule has 21 heavy (non-hydrogen) atoms. The van der Waals surface area contributed by atoms with Gasteiger partial charge in [0.2, 0.25) is 0 Å². The van der Waals surface area contributed by atoms with E-state index in [4.69, 9.17) is 10.8 Å². The highest BCUT2D eigenvalue weighted by Crippen LogP contribution is 2.30. The van der Waals surface area contributed by atoms with Crippen molar-refractivity contribution in [3.8, 4) is 0 Å². The molecule has 3 rings (SSSR count). The number of aromatic amines is 1. The van der Waals surface area contributed by atoms with Crippen LogP contribution in [0.2, 0.25) is 0 Å². The van der Waals surface area contributed by atoms with Crippen LogP contribution in [0.3, 0.4) is 0 Å². The van der Waals surface area contributed by atoms with E-state index in [2.05, 4.69) is 17.1 Å². The van der Waals surface area contributed by atoms with Gasteiger partial charge in [0.05, 0.1) is 0 Å². The minimum Gasteiger partial charge on any atom is -0.480 e. The number of nitrogens with two attached hydrogens (primary N) is 1. The quantitative estimate of drug-likeness (QED) is 0.759. The van der Waals surface area contributed by atoms with Crippen molar-refractivity contribution in [2.45, 2.75) is 51.5 Å². The van der Waals surface area contributed by atoms with E-state index >= 15 is 0 Å². The molecule has 0 aliphatic heterocycles. The molecule has 1 atom stereocenters. The van der Waals surface area contributed by atoms with Crippen molar-refractivity contribution < 1.29 is 9.90 Å². The number of hydrogen-bond acceptors (Lipinski definition) is 2. The SMILES string of the molecule is Cc1[nH]c2cc3c(cc2c1CC(N)C(=O)O)CCCCC3. The molecule has 0 amide bonds. The van der Waals surface area contributed by atoms with Gasteiger partial charge in [-0.15, -0.1) is 0 Å². The largest absolute Gasteiger partial charge is 0.480 e. The number of H-pyrrole nitrogens is 1. The Labute approximate surface area is 124 Å². The fraction of sp³-hybridized carbons (Fsp3) is 0.471. The zero-order chi connectivity index (χ0) is 15.0. The summed E-state index contributed by atoms with van der Waals surface area (Å²) in [5.41, 5.74) is 11.8. The maximum atomic E-state index is 11.0. The lowest BCUT2D eigenvalue weighted by molar-refractivity contribution is -0.138. The van der Waals surface area contributed by atoms with Gasteiger partial charge in [-0.2, -0.15) is 0 Å². The van der Waals surface area contributed by atoms with Gasteiger partial charge in [-0.3, -0.25) is 4.79 Å². The molecule has 0 radical (unpaired) electrons. The number of fused-ring (bicyclic) bond motifs is 2. The second kappa shape index (κ2) is 5.53. The first kappa shape index (κ1) is 14.1. The summed E-state index contributed by atoms with van der Waals surface area (Å²) >= 11 is 0. The Kier molecular flexibility index (Phi) is 3.72. The van der Waals surface area contributed by atoms with Crippen molar-refractivity contribution >= 4 is 16.9 Å². The average molecular weight is 286 g/mol. The van der Waals surface area contributed by atoms with Crippen LogP contribution in [0.4, 0.5) is 0 Å². The number of rotatable bonds is 3. The van der Waals surface area contributed by atoms with Crippen molar-refractivity contribution in [3.63, 3.8) is 0 Å². The topological polar surface area (TPSA) is 79.1 Å². The maximum Gasteiger partial charge on any atom is 0.320 e. The Morgan fingerprint density at radius 1 is 1.29 bits per heavy atom. The Hall–Kier alpha value is -1.81. The van der Waals surface area contributed by atoms with Crippen molar-refractivity contribution in [1.82, 2.24) is 4.98 Å². The van der Waals surface area contributed by atoms with Crippen molar-refractivity contribution in [2.24, 2.45) is 5.73 Å². The predicted octanol–water partition coefficient (Wildman–Crippen LogP) is 2.70. The van der Waals surface area contributed by atoms with Crippen LogP contribution in [0.5, 0.6) is 0 Å². The second-order valence-corrected chi connectivity index (χ2v) is 6.10. The number of carboxylic acids is 1. The van der Waals surface area contributed by atoms with Crippen LogP contribution in [0, 0.1) is 6.92 Å². The summed E-state index contributed by atoms with van der Waals surface area (Å²) in [6, 6.07) is 3.66. The zero-order valence-corrected chi connectivity index (χ0v) is 12.4. The van der Waals surface area contributed by atoms with Gasteiger partial charge in [-0.1, -0.05) is 6.42 Å². The molecular weight excluding hydrogens is 264 g/mol. The number of benzene rings is 1. The Morgan fingerprint density at radius 2 is 1.95 bits per heavy atom. The summed E-state index contributed by atoms with van der Waals surface area (Å²) in [6.45, 7) is 2.00. The minimum absolute atomic E-state index is 0.375. The Morgan fingerprint density at radius 3 is 2.62 bits per heavy atom. The van der Waals surface area contributed by atoms with Crippen LogP contribution in [0.15, 0.2) is 12.1 Å². The summed E-state index contributed by atoms with van der Waals surface area (Å²) in [6.07, 6.45) is 6.44. The molecule has 4 heteroatoms. The number of aryl methyl sites for hydroxylation is 3. The molecule has 1 aromatic heterocycles. The molecule has 2 aromatic rings. The number of nitrogens with one attached hydrogen (secondary N) is 1. The molecule has 1 unspecified atom stereocenters. The molecular formula is C17H22N2O2. The summed E-state index contributed by atoms with van der Waals surface area (Å²) in [5.74, 6) is -0.946. The predicted molar refractivity (Wildman–Crippen MR) is 83.6 cm³/mol. The van der Waals surface area contributed by atoms with Gasteiger partial charge in [0.15, 0.2) is 0 Å². The van der Waals surface area contributed by atoms with E-state index < -0.39 is 12.0 Å². The third-order valence-corrected chi connectivity index (χ3v) is 4.57. The van der Waals surface area contributed by atoms with Crippen LogP contribution in [-0.2, 0) is 24.1 Å². The average Bonchev–Trinajstić information content (AvgIpc) is 2.63. The third kappa shape index (κ3) is 2.68. The van der Waals surface area contributed by atoms with Gasteiger partial charge in [-0.05, 0) is 61.4 Å². The van der Waals surface area contributed by atoms with Crippen molar-refractivity contribution in [3.05, 3.63) is 34.5 Å². The van der Waals surface area contributed by atoms with E-state index in [-0.39, 0.29) is 0 Å². The van der Waals surface area contributed by atoms with E-state index in [1.807, 2.05) is 6.92 Å². The van der Waals surface area contributed by atoms with Gasteiger partial charge >= 0.3 is 5.97 Å². The minimum atomic E-state index is -0.946. The van der Waals surface area contributed by atoms with Crippen molar-refractivity contribution in [2.75, 3.05) is 0 Å². The van der Waals surface area contributed by atoms with Crippen LogP contribution < -0.4 is 5.73 Å². The highest BCUT2D eigenvalue weighted by molar-refractivity contribution is 5.87. The molecule has 4 N–H and O–H groups in total. The van der Waals surface area contributed by atoms with E-state index in [0.717, 1.165) is 35.0 Å². The molecule has 0 saturated carbocycles. The van der Waals surface area contributed by atoms with E-state index in [9.17, 15) is 4.79 Å². The molecule has 112 valence electrons. The zero-order valence-electron chi connectivity index (χ0n) is 12.4. The lowest BCUT2D eigenvalue weighted by atomic mass is 9.97. The van der Waals surface area contributed by atoms with Gasteiger partial charge in [0.1, 0.15) is 6.04 Å². The highest BCUT2D eigenvalue weighted by atomic mass is 16.4. The number of carboxylic acid groups (broad SMARTS) is 1. The molecule has 1 aromatic carbocycles. The molecule has 1 aliphatic rings. The van der Waals surface area contributed by atoms with Gasteiger partial charge in [0, 0.05) is 23.0 Å². The van der Waals surface area contributed by atoms with Crippen LogP contribution >= 0.6 is 0 Å². The monoisotopic (exact) mass is 286 g/mol. The first-order valence-electron chi connectivity index (χ1n) is 7.67. The lowest BCUT2D eigenvalue weighted by Gasteiger charge is -2.09. The summed E-state index contributed by atoms with van der Waals surface area (Å²) in [5, 5.41) is 10.2. The maximum absolute atomic E-state index is 11.0. The normalized spacial score (nSPS) is 16.5. The molecule has 0 fully saturated rings. The number of aliphatic carboxylic acids is 1. The van der Waals surface area contributed by atoms with E-state index in [1.54, 1.807) is 0 Å². The Balaban J connectivity index is 2.06. The number of aromatic nitrogens is 1. The van der Waals surface area contributed by atoms with Crippen LogP contribution in [0.1, 0.15) is 41.6 Å². The molecule has 1 aliphatic carbocycles. The fourth-order valence-corrected chi connectivity index (χ4v) is 3.37. The Bertz CT molecular complexity index is 688. The molecule has 1 heterocycles. The van der Waals surface area contributed by atoms with Crippen LogP contribution in [-0.4, -0.2) is 22.1 Å². The second-order valence-electron chi connectivity index (χ2n) is 6.10. The number of hydrogen-bond donors (Lipinski definition) is 3. The number of carbonyl (C=O) groups is 1. The van der Waals surface area contributed by atoms with E-state index in [0.29, 0.717) is 6.42 Å². The summed E-state index contributed by atoms with van der Waals surface area (Å²) < 4.78 is 0. The first-order chi connectivity index (χ1) is 10.1. The molecule has 0 bridgehead atoms. The highest BCUT2D eigenvalue weighted by Gasteiger charge is 2.19. The molecule has 0 spiro atoms. The lowest BCUT2D eigenvalue weighted by Crippen LogP contribution is -2.32. The fourth-order valence-electron chi connectivity index (χ4n) is 3.37. The smallest absolute Gasteiger partial charge is 0.320 e. The first-order valence-corrected chi connectivity index (χ1v) is 7.67. The standard InChI is InChI=1S/C17H22N2O2/c1-10-13(9-15(18)17(20)21)14-7-11-5-3-2-4-6-12(11)8-16(14)19-10/h7-8,15,19H,2-6,9,18H2,1H3,(H,20,21). The van der Waals surface area contributed by atoms with Gasteiger partial charge in [0.25, 0.3) is 0 Å². The van der Waals surface area contributed by atoms with Crippen LogP contribution in [0.25, 0.3) is 10.9 Å². The third-order valence-electron chi connectivity index (χ3n) is 4.57. The van der Waals surface area contributed by atoms with Gasteiger partial charge < -0.3 is 15.8 Å².